The van der Waals surface area contributed by atoms with Gasteiger partial charge >= 0.3 is 0 Å². The van der Waals surface area contributed by atoms with Crippen LogP contribution in [0.5, 0.6) is 0 Å². The molecule has 0 saturated carbocycles. The molecule has 1 heterocycles. The van der Waals surface area contributed by atoms with Crippen molar-refractivity contribution in [3.63, 3.8) is 0 Å². The Kier molecular flexibility index (Phi) is 2.55. The van der Waals surface area contributed by atoms with Gasteiger partial charge in [0.15, 0.2) is 0 Å². The van der Waals surface area contributed by atoms with E-state index < -0.39 is 10.5 Å². The molecule has 1 saturated heterocycles. The van der Waals surface area contributed by atoms with Crippen molar-refractivity contribution in [2.45, 2.75) is 18.9 Å². The van der Waals surface area contributed by atoms with E-state index in [1.165, 1.54) is 6.07 Å². The third kappa shape index (κ3) is 2.14. The summed E-state index contributed by atoms with van der Waals surface area (Å²) in [7, 11) is 0. The molecule has 0 radical (unpaired) electrons. The fourth-order valence-corrected chi connectivity index (χ4v) is 1.97. The van der Waals surface area contributed by atoms with Gasteiger partial charge in [0.2, 0.25) is 0 Å². The first-order valence-electron chi connectivity index (χ1n) is 5.20. The smallest absolute Gasteiger partial charge is 0.271 e. The number of aliphatic hydroxyl groups is 1. The topological polar surface area (TPSA) is 66.6 Å². The molecule has 5 nitrogen and oxygen atoms in total. The van der Waals surface area contributed by atoms with Gasteiger partial charge in [0.25, 0.3) is 5.69 Å². The molecule has 0 bridgehead atoms. The summed E-state index contributed by atoms with van der Waals surface area (Å²) in [5.41, 5.74) is 0.195. The summed E-state index contributed by atoms with van der Waals surface area (Å²) in [5, 5.41) is 20.5. The lowest BCUT2D eigenvalue weighted by molar-refractivity contribution is -0.384. The van der Waals surface area contributed by atoms with E-state index in [4.69, 9.17) is 0 Å². The van der Waals surface area contributed by atoms with Crippen LogP contribution in [0.4, 0.5) is 11.4 Å². The fourth-order valence-electron chi connectivity index (χ4n) is 1.97. The van der Waals surface area contributed by atoms with Crippen molar-refractivity contribution in [1.82, 2.24) is 0 Å². The fraction of sp³-hybridized carbons (Fsp3) is 0.455. The molecule has 1 aromatic rings. The summed E-state index contributed by atoms with van der Waals surface area (Å²) in [6.45, 7) is 3.03. The minimum Gasteiger partial charge on any atom is -0.388 e. The van der Waals surface area contributed by atoms with E-state index in [1.54, 1.807) is 19.1 Å². The number of hydrogen-bond acceptors (Lipinski definition) is 4. The van der Waals surface area contributed by atoms with Gasteiger partial charge in [-0.25, -0.2) is 0 Å². The number of nitro benzene ring substituents is 1. The summed E-state index contributed by atoms with van der Waals surface area (Å²) in [6, 6.07) is 6.51. The van der Waals surface area contributed by atoms with Crippen LogP contribution in [0, 0.1) is 10.1 Å². The summed E-state index contributed by atoms with van der Waals surface area (Å²) in [4.78, 5) is 12.2. The number of non-ortho nitro benzene ring substituents is 1. The van der Waals surface area contributed by atoms with E-state index in [0.29, 0.717) is 13.0 Å². The van der Waals surface area contributed by atoms with Crippen LogP contribution >= 0.6 is 0 Å². The molecular weight excluding hydrogens is 208 g/mol. The molecule has 5 heteroatoms. The zero-order valence-corrected chi connectivity index (χ0v) is 9.09. The number of nitrogens with zero attached hydrogens (tertiary/aromatic N) is 2. The van der Waals surface area contributed by atoms with Crippen LogP contribution in [0.15, 0.2) is 24.3 Å². The molecule has 1 unspecified atom stereocenters. The van der Waals surface area contributed by atoms with Crippen molar-refractivity contribution in [3.8, 4) is 0 Å². The van der Waals surface area contributed by atoms with Crippen molar-refractivity contribution in [2.24, 2.45) is 0 Å². The van der Waals surface area contributed by atoms with Crippen molar-refractivity contribution in [3.05, 3.63) is 34.4 Å². The summed E-state index contributed by atoms with van der Waals surface area (Å²) >= 11 is 0. The van der Waals surface area contributed by atoms with Crippen molar-refractivity contribution in [2.75, 3.05) is 18.0 Å². The van der Waals surface area contributed by atoms with Crippen LogP contribution in [0.25, 0.3) is 0 Å². The normalized spacial score (nSPS) is 24.8. The number of rotatable bonds is 2. The predicted octanol–water partition coefficient (Wildman–Crippen LogP) is 1.56. The van der Waals surface area contributed by atoms with Gasteiger partial charge in [0.05, 0.1) is 10.5 Å². The van der Waals surface area contributed by atoms with E-state index >= 15 is 0 Å². The Morgan fingerprint density at radius 1 is 1.56 bits per heavy atom. The molecule has 0 spiro atoms. The van der Waals surface area contributed by atoms with Crippen LogP contribution in [0.1, 0.15) is 13.3 Å². The molecule has 1 atom stereocenters. The van der Waals surface area contributed by atoms with Gasteiger partial charge in [-0.2, -0.15) is 0 Å². The van der Waals surface area contributed by atoms with Crippen molar-refractivity contribution in [1.29, 1.82) is 0 Å². The first kappa shape index (κ1) is 10.9. The summed E-state index contributed by atoms with van der Waals surface area (Å²) in [6.07, 6.45) is 0.690. The lowest BCUT2D eigenvalue weighted by atomic mass is 10.1. The highest BCUT2D eigenvalue weighted by Crippen LogP contribution is 2.28. The van der Waals surface area contributed by atoms with Crippen molar-refractivity contribution < 1.29 is 10.0 Å². The molecule has 1 N–H and O–H groups in total. The van der Waals surface area contributed by atoms with Crippen LogP contribution < -0.4 is 4.90 Å². The van der Waals surface area contributed by atoms with Gasteiger partial charge < -0.3 is 10.0 Å². The number of benzene rings is 1. The lowest BCUT2D eigenvalue weighted by Gasteiger charge is -2.20. The van der Waals surface area contributed by atoms with E-state index in [0.717, 1.165) is 12.2 Å². The van der Waals surface area contributed by atoms with E-state index in [2.05, 4.69) is 0 Å². The molecule has 1 aromatic carbocycles. The Labute approximate surface area is 93.5 Å². The lowest BCUT2D eigenvalue weighted by Crippen LogP contribution is -2.29. The Morgan fingerprint density at radius 2 is 2.31 bits per heavy atom. The minimum atomic E-state index is -0.690. The maximum Gasteiger partial charge on any atom is 0.271 e. The molecule has 0 amide bonds. The number of β-amino-alcohol motifs (C(OH)–C–C–N with tert-alkyl or cyclic N) is 1. The first-order valence-corrected chi connectivity index (χ1v) is 5.20. The van der Waals surface area contributed by atoms with Gasteiger partial charge in [-0.3, -0.25) is 10.1 Å². The highest BCUT2D eigenvalue weighted by Gasteiger charge is 2.31. The highest BCUT2D eigenvalue weighted by molar-refractivity contribution is 5.54. The average molecular weight is 222 g/mol. The molecule has 86 valence electrons. The Hall–Kier alpha value is -1.62. The second kappa shape index (κ2) is 3.75. The maximum absolute atomic E-state index is 10.6. The van der Waals surface area contributed by atoms with Gasteiger partial charge in [0, 0.05) is 30.9 Å². The highest BCUT2D eigenvalue weighted by atomic mass is 16.6. The third-order valence-electron chi connectivity index (χ3n) is 2.86. The molecule has 1 aliphatic rings. The Morgan fingerprint density at radius 3 is 2.88 bits per heavy atom. The minimum absolute atomic E-state index is 0.0871. The van der Waals surface area contributed by atoms with Gasteiger partial charge in [-0.05, 0) is 19.4 Å². The molecule has 16 heavy (non-hydrogen) atoms. The zero-order chi connectivity index (χ0) is 11.8. The monoisotopic (exact) mass is 222 g/mol. The summed E-state index contributed by atoms with van der Waals surface area (Å²) in [5.74, 6) is 0. The molecule has 2 rings (SSSR count). The third-order valence-corrected chi connectivity index (χ3v) is 2.86. The van der Waals surface area contributed by atoms with E-state index in [9.17, 15) is 15.2 Å². The van der Waals surface area contributed by atoms with Crippen LogP contribution in [0.2, 0.25) is 0 Å². The molecule has 1 fully saturated rings. The van der Waals surface area contributed by atoms with Gasteiger partial charge in [0.1, 0.15) is 0 Å². The largest absolute Gasteiger partial charge is 0.388 e. The van der Waals surface area contributed by atoms with Crippen LogP contribution in [-0.2, 0) is 0 Å². The predicted molar refractivity (Wildman–Crippen MR) is 60.6 cm³/mol. The molecular formula is C11H14N2O3. The van der Waals surface area contributed by atoms with Gasteiger partial charge in [-0.1, -0.05) is 6.07 Å². The number of nitro groups is 1. The first-order chi connectivity index (χ1) is 7.48. The molecule has 0 aromatic heterocycles. The summed E-state index contributed by atoms with van der Waals surface area (Å²) < 4.78 is 0. The second-order valence-electron chi connectivity index (χ2n) is 4.45. The Balaban J connectivity index is 2.22. The standard InChI is InChI=1S/C11H14N2O3/c1-11(14)5-6-12(8-11)9-3-2-4-10(7-9)13(15)16/h2-4,7,14H,5-6,8H2,1H3. The number of hydrogen-bond donors (Lipinski definition) is 1. The number of anilines is 1. The van der Waals surface area contributed by atoms with Crippen LogP contribution in [-0.4, -0.2) is 28.7 Å². The average Bonchev–Trinajstić information content (AvgIpc) is 2.59. The molecule has 1 aliphatic heterocycles. The maximum atomic E-state index is 10.6. The molecule has 0 aliphatic carbocycles. The van der Waals surface area contributed by atoms with Crippen molar-refractivity contribution >= 4 is 11.4 Å². The van der Waals surface area contributed by atoms with Crippen LogP contribution in [0.3, 0.4) is 0 Å². The quantitative estimate of drug-likeness (QED) is 0.609. The van der Waals surface area contributed by atoms with E-state index in [-0.39, 0.29) is 5.69 Å². The Bertz CT molecular complexity index is 417. The second-order valence-corrected chi connectivity index (χ2v) is 4.45. The van der Waals surface area contributed by atoms with E-state index in [1.807, 2.05) is 11.0 Å². The zero-order valence-electron chi connectivity index (χ0n) is 9.09. The SMILES string of the molecule is CC1(O)CCN(c2cccc([N+](=O)[O-])c2)C1. The van der Waals surface area contributed by atoms with Gasteiger partial charge in [-0.15, -0.1) is 0 Å².